The zero-order valence-electron chi connectivity index (χ0n) is 12.7. The molecule has 0 bridgehead atoms. The molecule has 0 aromatic rings. The topological polar surface area (TPSA) is 73.1 Å². The number of carboxylic acids is 1. The molecule has 1 aliphatic rings. The van der Waals surface area contributed by atoms with E-state index in [0.29, 0.717) is 6.54 Å². The molecule has 0 aliphatic carbocycles. The highest BCUT2D eigenvalue weighted by Crippen LogP contribution is 2.17. The van der Waals surface area contributed by atoms with Gasteiger partial charge < -0.3 is 15.1 Å². The van der Waals surface area contributed by atoms with Crippen molar-refractivity contribution in [3.8, 4) is 0 Å². The van der Waals surface area contributed by atoms with Crippen molar-refractivity contribution >= 4 is 11.8 Å². The van der Waals surface area contributed by atoms with Crippen molar-refractivity contribution in [1.82, 2.24) is 4.90 Å². The Morgan fingerprint density at radius 2 is 2.00 bits per heavy atom. The van der Waals surface area contributed by atoms with Crippen LogP contribution in [0.2, 0.25) is 0 Å². The Kier molecular flexibility index (Phi) is 7.59. The molecule has 0 fully saturated rings. The molecular weight excluding hydrogens is 256 g/mol. The summed E-state index contributed by atoms with van der Waals surface area (Å²) >= 11 is 0. The van der Waals surface area contributed by atoms with Crippen molar-refractivity contribution in [1.29, 1.82) is 0 Å². The van der Waals surface area contributed by atoms with E-state index in [1.807, 2.05) is 0 Å². The van der Waals surface area contributed by atoms with Gasteiger partial charge in [-0.3, -0.25) is 9.79 Å². The molecule has 2 atom stereocenters. The number of aliphatic hydroxyl groups is 1. The minimum Gasteiger partial charge on any atom is -0.480 e. The van der Waals surface area contributed by atoms with Crippen LogP contribution in [0.1, 0.15) is 58.8 Å². The van der Waals surface area contributed by atoms with E-state index >= 15 is 0 Å². The second-order valence-electron chi connectivity index (χ2n) is 5.65. The number of amidine groups is 1. The Bertz CT molecular complexity index is 329. The molecule has 0 saturated heterocycles. The number of nitrogens with zero attached hydrogens (tertiary/aromatic N) is 2. The summed E-state index contributed by atoms with van der Waals surface area (Å²) < 4.78 is 0. The van der Waals surface area contributed by atoms with Crippen LogP contribution in [0.5, 0.6) is 0 Å². The van der Waals surface area contributed by atoms with Crippen LogP contribution in [0, 0.1) is 0 Å². The fourth-order valence-electron chi connectivity index (χ4n) is 2.51. The van der Waals surface area contributed by atoms with Gasteiger partial charge in [-0.05, 0) is 13.3 Å². The second kappa shape index (κ2) is 8.95. The summed E-state index contributed by atoms with van der Waals surface area (Å²) in [7, 11) is 0. The van der Waals surface area contributed by atoms with E-state index in [1.54, 1.807) is 11.8 Å². The number of rotatable bonds is 10. The number of carboxylic acid groups (broad SMARTS) is 1. The van der Waals surface area contributed by atoms with Gasteiger partial charge in [-0.15, -0.1) is 0 Å². The quantitative estimate of drug-likeness (QED) is 0.604. The highest BCUT2D eigenvalue weighted by molar-refractivity contribution is 5.87. The van der Waals surface area contributed by atoms with E-state index in [1.165, 1.54) is 32.1 Å². The molecule has 0 saturated carbocycles. The molecular formula is C15H28N2O3. The zero-order valence-corrected chi connectivity index (χ0v) is 12.7. The lowest BCUT2D eigenvalue weighted by atomic mass is 10.1. The van der Waals surface area contributed by atoms with Crippen molar-refractivity contribution in [2.24, 2.45) is 4.99 Å². The third-order valence-corrected chi connectivity index (χ3v) is 3.72. The molecule has 0 radical (unpaired) electrons. The molecule has 5 heteroatoms. The van der Waals surface area contributed by atoms with Crippen LogP contribution < -0.4 is 0 Å². The molecule has 2 N–H and O–H groups in total. The maximum absolute atomic E-state index is 10.9. The van der Waals surface area contributed by atoms with Crippen LogP contribution >= 0.6 is 0 Å². The Morgan fingerprint density at radius 3 is 2.60 bits per heavy atom. The van der Waals surface area contributed by atoms with Crippen LogP contribution in [0.4, 0.5) is 0 Å². The zero-order chi connectivity index (χ0) is 15.0. The maximum Gasteiger partial charge on any atom is 0.323 e. The molecule has 116 valence electrons. The van der Waals surface area contributed by atoms with Crippen molar-refractivity contribution in [2.45, 2.75) is 70.9 Å². The Hall–Kier alpha value is -1.10. The first-order valence-electron chi connectivity index (χ1n) is 7.76. The van der Waals surface area contributed by atoms with E-state index in [2.05, 4.69) is 11.9 Å². The van der Waals surface area contributed by atoms with Crippen molar-refractivity contribution in [3.63, 3.8) is 0 Å². The van der Waals surface area contributed by atoms with E-state index in [4.69, 9.17) is 5.11 Å². The van der Waals surface area contributed by atoms with Gasteiger partial charge in [-0.1, -0.05) is 39.0 Å². The third kappa shape index (κ3) is 5.90. The van der Waals surface area contributed by atoms with Crippen molar-refractivity contribution in [3.05, 3.63) is 0 Å². The average molecular weight is 284 g/mol. The molecule has 2 unspecified atom stereocenters. The van der Waals surface area contributed by atoms with Crippen LogP contribution in [-0.2, 0) is 4.79 Å². The second-order valence-corrected chi connectivity index (χ2v) is 5.65. The molecule has 0 spiro atoms. The summed E-state index contributed by atoms with van der Waals surface area (Å²) in [6.07, 6.45) is 7.56. The number of aliphatic imine (C=N–C) groups is 1. The number of aliphatic hydroxyl groups excluding tert-OH is 1. The molecule has 20 heavy (non-hydrogen) atoms. The summed E-state index contributed by atoms with van der Waals surface area (Å²) in [5.74, 6) is 0.0145. The number of unbranched alkanes of at least 4 members (excludes halogenated alkanes) is 5. The lowest BCUT2D eigenvalue weighted by Gasteiger charge is -2.19. The third-order valence-electron chi connectivity index (χ3n) is 3.72. The predicted molar refractivity (Wildman–Crippen MR) is 80.1 cm³/mol. The molecule has 0 aromatic heterocycles. The standard InChI is InChI=1S/C15H28N2O3/c1-3-4-5-6-7-8-9-14-16-13(12(2)18)10-17(14)11-15(19)20/h12-13,18H,3-11H2,1-2H3,(H,19,20). The van der Waals surface area contributed by atoms with Gasteiger partial charge in [-0.25, -0.2) is 0 Å². The summed E-state index contributed by atoms with van der Waals surface area (Å²) in [5, 5.41) is 18.5. The smallest absolute Gasteiger partial charge is 0.323 e. The minimum absolute atomic E-state index is 0.0160. The molecule has 5 nitrogen and oxygen atoms in total. The van der Waals surface area contributed by atoms with Crippen LogP contribution in [0.25, 0.3) is 0 Å². The molecule has 0 amide bonds. The van der Waals surface area contributed by atoms with Gasteiger partial charge in [0.15, 0.2) is 0 Å². The largest absolute Gasteiger partial charge is 0.480 e. The Morgan fingerprint density at radius 1 is 1.35 bits per heavy atom. The number of carbonyl (C=O) groups is 1. The van der Waals surface area contributed by atoms with Gasteiger partial charge in [0.2, 0.25) is 0 Å². The fraction of sp³-hybridized carbons (Fsp3) is 0.867. The lowest BCUT2D eigenvalue weighted by molar-refractivity contribution is -0.137. The monoisotopic (exact) mass is 284 g/mol. The van der Waals surface area contributed by atoms with E-state index < -0.39 is 12.1 Å². The van der Waals surface area contributed by atoms with Crippen LogP contribution in [0.15, 0.2) is 4.99 Å². The number of hydrogen-bond donors (Lipinski definition) is 2. The average Bonchev–Trinajstić information content (AvgIpc) is 2.76. The Balaban J connectivity index is 2.37. The normalized spacial score (nSPS) is 20.1. The van der Waals surface area contributed by atoms with Gasteiger partial charge in [0.25, 0.3) is 0 Å². The van der Waals surface area contributed by atoms with Gasteiger partial charge in [0.05, 0.1) is 18.0 Å². The first kappa shape index (κ1) is 17.0. The number of hydrogen-bond acceptors (Lipinski definition) is 4. The molecule has 1 aliphatic heterocycles. The summed E-state index contributed by atoms with van der Waals surface area (Å²) in [6, 6.07) is -0.176. The maximum atomic E-state index is 10.9. The lowest BCUT2D eigenvalue weighted by Crippen LogP contribution is -2.36. The van der Waals surface area contributed by atoms with E-state index in [-0.39, 0.29) is 12.6 Å². The SMILES string of the molecule is CCCCCCCCC1=NC(C(C)O)CN1CC(=O)O. The van der Waals surface area contributed by atoms with E-state index in [9.17, 15) is 9.90 Å². The van der Waals surface area contributed by atoms with Gasteiger partial charge in [-0.2, -0.15) is 0 Å². The minimum atomic E-state index is -0.841. The molecule has 1 rings (SSSR count). The van der Waals surface area contributed by atoms with Gasteiger partial charge in [0, 0.05) is 13.0 Å². The predicted octanol–water partition coefficient (Wildman–Crippen LogP) is 2.29. The van der Waals surface area contributed by atoms with Gasteiger partial charge >= 0.3 is 5.97 Å². The van der Waals surface area contributed by atoms with Crippen LogP contribution in [0.3, 0.4) is 0 Å². The molecule has 0 aromatic carbocycles. The Labute approximate surface area is 121 Å². The highest BCUT2D eigenvalue weighted by Gasteiger charge is 2.28. The summed E-state index contributed by atoms with van der Waals surface area (Å²) in [5.41, 5.74) is 0. The first-order chi connectivity index (χ1) is 9.54. The van der Waals surface area contributed by atoms with Gasteiger partial charge in [0.1, 0.15) is 6.54 Å². The van der Waals surface area contributed by atoms with Crippen molar-refractivity contribution < 1.29 is 15.0 Å². The van der Waals surface area contributed by atoms with Crippen molar-refractivity contribution in [2.75, 3.05) is 13.1 Å². The van der Waals surface area contributed by atoms with Crippen LogP contribution in [-0.4, -0.2) is 52.2 Å². The highest BCUT2D eigenvalue weighted by atomic mass is 16.4. The first-order valence-corrected chi connectivity index (χ1v) is 7.76. The van der Waals surface area contributed by atoms with E-state index in [0.717, 1.165) is 18.7 Å². The summed E-state index contributed by atoms with van der Waals surface area (Å²) in [6.45, 7) is 4.42. The molecule has 1 heterocycles. The summed E-state index contributed by atoms with van der Waals surface area (Å²) in [4.78, 5) is 17.1. The fourth-order valence-corrected chi connectivity index (χ4v) is 2.51. The number of aliphatic carboxylic acids is 1.